The standard InChI is InChI=1S/C36H54N2O2.C12H10O2.Cr/c1-33(2,3)25-17-23(31(39)27(19-25)35(7,8)9)21-37-29-15-13-14-16-30(29)38-22-24-18-26(34(4,5)6)20-28(32(24)40)36(10,11)12;13-10-6-8-12(9-7-10)14-11-4-2-1-3-5-11;/h17-22,29-30,39-40H,13-16H2,1-12H3;1-9,13H;/p-1. The predicted molar refractivity (Wildman–Crippen MR) is 225 cm³/mol. The molecule has 0 heterocycles. The first-order chi connectivity index (χ1) is 25.0. The summed E-state index contributed by atoms with van der Waals surface area (Å²) in [6, 6.07) is 24.3. The fourth-order valence-electron chi connectivity index (χ4n) is 6.44. The zero-order chi connectivity index (χ0) is 40.1. The van der Waals surface area contributed by atoms with Crippen molar-refractivity contribution in [2.45, 2.75) is 143 Å². The molecular weight excluding hydrogens is 721 g/mol. The SMILES string of the molecule is CC(C)(C)c1cc(C=NC2CCCCC2N=Cc2cc(C(C)(C)C)cc(C(C)(C)C)c2O)c(O)c(C(C)(C)C)c1.[Cr].[O-]c1ccc(Oc2ccccc2)cc1. The number of ether oxygens (including phenoxy) is 1. The molecule has 1 fully saturated rings. The normalized spacial score (nSPS) is 16.7. The van der Waals surface area contributed by atoms with Crippen LogP contribution in [0, 0.1) is 0 Å². The van der Waals surface area contributed by atoms with E-state index in [0.717, 1.165) is 53.7 Å². The van der Waals surface area contributed by atoms with E-state index < -0.39 is 0 Å². The van der Waals surface area contributed by atoms with E-state index in [0.29, 0.717) is 17.2 Å². The van der Waals surface area contributed by atoms with Gasteiger partial charge in [-0.1, -0.05) is 138 Å². The first-order valence-corrected chi connectivity index (χ1v) is 19.4. The van der Waals surface area contributed by atoms with Gasteiger partial charge in [-0.2, -0.15) is 0 Å². The van der Waals surface area contributed by atoms with E-state index in [-0.39, 0.29) is 56.9 Å². The molecule has 1 aliphatic rings. The number of rotatable bonds is 6. The van der Waals surface area contributed by atoms with E-state index >= 15 is 0 Å². The van der Waals surface area contributed by atoms with Gasteiger partial charge in [0.25, 0.3) is 0 Å². The summed E-state index contributed by atoms with van der Waals surface area (Å²) in [7, 11) is 0. The molecule has 5 rings (SSSR count). The summed E-state index contributed by atoms with van der Waals surface area (Å²) >= 11 is 0. The van der Waals surface area contributed by atoms with Gasteiger partial charge in [-0.25, -0.2) is 0 Å². The van der Waals surface area contributed by atoms with Crippen LogP contribution in [-0.4, -0.2) is 34.7 Å². The molecule has 1 aliphatic carbocycles. The number of nitrogens with zero attached hydrogens (tertiary/aromatic N) is 2. The summed E-state index contributed by atoms with van der Waals surface area (Å²) in [5.41, 5.74) is 5.39. The largest absolute Gasteiger partial charge is 0.872 e. The summed E-state index contributed by atoms with van der Waals surface area (Å²) in [6.07, 6.45) is 7.90. The average Bonchev–Trinajstić information content (AvgIpc) is 3.07. The van der Waals surface area contributed by atoms with Crippen molar-refractivity contribution >= 4 is 12.4 Å². The second-order valence-electron chi connectivity index (χ2n) is 18.8. The summed E-state index contributed by atoms with van der Waals surface area (Å²) < 4.78 is 5.49. The van der Waals surface area contributed by atoms with Crippen molar-refractivity contribution in [3.63, 3.8) is 0 Å². The molecule has 2 unspecified atom stereocenters. The fraction of sp³-hybridized carbons (Fsp3) is 0.458. The Morgan fingerprint density at radius 2 is 0.945 bits per heavy atom. The smallest absolute Gasteiger partial charge is 0.128 e. The average molecular weight is 784 g/mol. The number of hydrogen-bond acceptors (Lipinski definition) is 6. The second-order valence-corrected chi connectivity index (χ2v) is 18.8. The molecular formula is C48H63CrN2O4-. The van der Waals surface area contributed by atoms with Crippen molar-refractivity contribution in [1.29, 1.82) is 0 Å². The number of para-hydroxylation sites is 1. The van der Waals surface area contributed by atoms with Crippen molar-refractivity contribution in [2.75, 3.05) is 0 Å². The maximum Gasteiger partial charge on any atom is 0.128 e. The van der Waals surface area contributed by atoms with Gasteiger partial charge >= 0.3 is 0 Å². The van der Waals surface area contributed by atoms with E-state index in [9.17, 15) is 15.3 Å². The van der Waals surface area contributed by atoms with Crippen LogP contribution in [-0.2, 0) is 39.0 Å². The Kier molecular flexibility index (Phi) is 15.1. The van der Waals surface area contributed by atoms with Crippen LogP contribution < -0.4 is 9.84 Å². The number of hydrogen-bond donors (Lipinski definition) is 2. The van der Waals surface area contributed by atoms with Gasteiger partial charge in [0.1, 0.15) is 23.0 Å². The van der Waals surface area contributed by atoms with E-state index in [2.05, 4.69) is 107 Å². The predicted octanol–water partition coefficient (Wildman–Crippen LogP) is 11.7. The zero-order valence-corrected chi connectivity index (χ0v) is 36.4. The number of aromatic hydroxyl groups is 2. The molecule has 7 heteroatoms. The van der Waals surface area contributed by atoms with E-state index in [4.69, 9.17) is 14.7 Å². The summed E-state index contributed by atoms with van der Waals surface area (Å²) in [6.45, 7) is 26.0. The second kappa shape index (κ2) is 18.3. The van der Waals surface area contributed by atoms with Gasteiger partial charge in [0, 0.05) is 52.0 Å². The van der Waals surface area contributed by atoms with Crippen molar-refractivity contribution in [3.8, 4) is 28.7 Å². The molecule has 0 bridgehead atoms. The third-order valence-electron chi connectivity index (χ3n) is 9.93. The first-order valence-electron chi connectivity index (χ1n) is 19.4. The quantitative estimate of drug-likeness (QED) is 0.190. The molecule has 4 aromatic rings. The van der Waals surface area contributed by atoms with Crippen molar-refractivity contribution in [1.82, 2.24) is 0 Å². The summed E-state index contributed by atoms with van der Waals surface area (Å²) in [5.74, 6) is 2.07. The van der Waals surface area contributed by atoms with Gasteiger partial charge in [-0.15, -0.1) is 5.75 Å². The number of aliphatic imine (C=N–C) groups is 2. The maximum atomic E-state index is 11.2. The Balaban J connectivity index is 0.000000451. The van der Waals surface area contributed by atoms with Crippen LogP contribution in [0.1, 0.15) is 142 Å². The van der Waals surface area contributed by atoms with Gasteiger partial charge in [0.15, 0.2) is 0 Å². The molecule has 0 aliphatic heterocycles. The molecule has 6 nitrogen and oxygen atoms in total. The fourth-order valence-corrected chi connectivity index (χ4v) is 6.44. The van der Waals surface area contributed by atoms with Gasteiger partial charge in [-0.3, -0.25) is 9.98 Å². The van der Waals surface area contributed by atoms with E-state index in [1.807, 2.05) is 42.8 Å². The Labute approximate surface area is 342 Å². The zero-order valence-electron chi connectivity index (χ0n) is 35.2. The number of phenols is 2. The molecule has 55 heavy (non-hydrogen) atoms. The topological polar surface area (TPSA) is 97.5 Å². The van der Waals surface area contributed by atoms with Crippen LogP contribution in [0.25, 0.3) is 0 Å². The van der Waals surface area contributed by atoms with Gasteiger partial charge in [0.2, 0.25) is 0 Å². The van der Waals surface area contributed by atoms with Crippen molar-refractivity contribution in [3.05, 3.63) is 112 Å². The van der Waals surface area contributed by atoms with Gasteiger partial charge in [-0.05, 0) is 82.0 Å². The van der Waals surface area contributed by atoms with Gasteiger partial charge in [0.05, 0.1) is 12.1 Å². The molecule has 296 valence electrons. The molecule has 2 atom stereocenters. The van der Waals surface area contributed by atoms with Crippen LogP contribution in [0.5, 0.6) is 28.7 Å². The Hall–Kier alpha value is -4.05. The van der Waals surface area contributed by atoms with Gasteiger partial charge < -0.3 is 20.1 Å². The van der Waals surface area contributed by atoms with Crippen molar-refractivity contribution < 1.29 is 37.4 Å². The van der Waals surface area contributed by atoms with Crippen LogP contribution in [0.2, 0.25) is 0 Å². The third kappa shape index (κ3) is 12.7. The maximum absolute atomic E-state index is 11.2. The third-order valence-corrected chi connectivity index (χ3v) is 9.93. The Morgan fingerprint density at radius 3 is 1.31 bits per heavy atom. The Bertz CT molecular complexity index is 1810. The summed E-state index contributed by atoms with van der Waals surface area (Å²) in [4.78, 5) is 10.1. The molecule has 0 aromatic heterocycles. The van der Waals surface area contributed by atoms with Crippen LogP contribution >= 0.6 is 0 Å². The van der Waals surface area contributed by atoms with Crippen LogP contribution in [0.3, 0.4) is 0 Å². The molecule has 0 radical (unpaired) electrons. The monoisotopic (exact) mass is 783 g/mol. The molecule has 2 N–H and O–H groups in total. The van der Waals surface area contributed by atoms with Crippen LogP contribution in [0.15, 0.2) is 88.8 Å². The molecule has 0 saturated heterocycles. The van der Waals surface area contributed by atoms with E-state index in [1.54, 1.807) is 12.1 Å². The molecule has 0 spiro atoms. The Morgan fingerprint density at radius 1 is 0.564 bits per heavy atom. The first kappa shape index (κ1) is 45.3. The minimum Gasteiger partial charge on any atom is -0.872 e. The number of phenolic OH excluding ortho intramolecular Hbond substituents is 2. The summed E-state index contributed by atoms with van der Waals surface area (Å²) in [5, 5.41) is 33.3. The molecule has 0 amide bonds. The van der Waals surface area contributed by atoms with Crippen molar-refractivity contribution in [2.24, 2.45) is 9.98 Å². The van der Waals surface area contributed by atoms with Crippen LogP contribution in [0.4, 0.5) is 0 Å². The minimum absolute atomic E-state index is 0. The molecule has 1 saturated carbocycles. The minimum atomic E-state index is -0.179. The molecule has 4 aromatic carbocycles. The number of benzene rings is 4. The van der Waals surface area contributed by atoms with E-state index in [1.165, 1.54) is 23.3 Å².